The van der Waals surface area contributed by atoms with Gasteiger partial charge in [-0.25, -0.2) is 0 Å². The minimum atomic E-state index is 0.584. The molecule has 7 heavy (non-hydrogen) atoms. The molecule has 0 amide bonds. The molecule has 0 bridgehead atoms. The van der Waals surface area contributed by atoms with Crippen LogP contribution in [0.3, 0.4) is 0 Å². The van der Waals surface area contributed by atoms with Crippen LogP contribution < -0.4 is 0 Å². The highest BCUT2D eigenvalue weighted by atomic mass is 127. The SMILES string of the molecule is CN(C)C(=N)SI. The summed E-state index contributed by atoms with van der Waals surface area (Å²) in [6, 6.07) is 0. The third kappa shape index (κ3) is 3.16. The largest absolute Gasteiger partial charge is 0.357 e. The molecule has 0 fully saturated rings. The molecule has 0 atom stereocenters. The van der Waals surface area contributed by atoms with Crippen molar-refractivity contribution in [1.82, 2.24) is 4.90 Å². The molecule has 4 heteroatoms. The minimum absolute atomic E-state index is 0.584. The van der Waals surface area contributed by atoms with Crippen LogP contribution in [0.4, 0.5) is 0 Å². The average molecular weight is 230 g/mol. The number of hydrogen-bond donors (Lipinski definition) is 1. The summed E-state index contributed by atoms with van der Waals surface area (Å²) >= 11 is 2.08. The first-order valence-corrected chi connectivity index (χ1v) is 5.09. The third-order valence-corrected chi connectivity index (χ3v) is 2.24. The average Bonchev–Trinajstić information content (AvgIpc) is 1.65. The van der Waals surface area contributed by atoms with E-state index in [1.54, 1.807) is 4.90 Å². The summed E-state index contributed by atoms with van der Waals surface area (Å²) in [5, 5.41) is 7.66. The van der Waals surface area contributed by atoms with E-state index >= 15 is 0 Å². The summed E-state index contributed by atoms with van der Waals surface area (Å²) in [6.45, 7) is 0. The second kappa shape index (κ2) is 3.54. The molecule has 0 spiro atoms. The van der Waals surface area contributed by atoms with Gasteiger partial charge in [0.15, 0.2) is 5.17 Å². The number of hydrogen-bond acceptors (Lipinski definition) is 2. The quantitative estimate of drug-likeness (QED) is 0.388. The number of nitrogens with zero attached hydrogens (tertiary/aromatic N) is 1. The normalized spacial score (nSPS) is 8.43. The predicted octanol–water partition coefficient (Wildman–Crippen LogP) is 1.57. The molecular formula is C3H7IN2S. The molecule has 0 unspecified atom stereocenters. The standard InChI is InChI=1S/C3H7IN2S/c1-6(2)3(5)7-4/h5H,1-2H3. The molecule has 0 aliphatic heterocycles. The zero-order valence-corrected chi connectivity index (χ0v) is 7.21. The van der Waals surface area contributed by atoms with Gasteiger partial charge in [0, 0.05) is 35.3 Å². The van der Waals surface area contributed by atoms with Gasteiger partial charge in [-0.1, -0.05) is 0 Å². The lowest BCUT2D eigenvalue weighted by molar-refractivity contribution is 0.633. The lowest BCUT2D eigenvalue weighted by atomic mass is 11.0. The second-order valence-electron chi connectivity index (χ2n) is 1.28. The van der Waals surface area contributed by atoms with E-state index in [4.69, 9.17) is 5.41 Å². The minimum Gasteiger partial charge on any atom is -0.357 e. The van der Waals surface area contributed by atoms with E-state index < -0.39 is 0 Å². The van der Waals surface area contributed by atoms with E-state index in [2.05, 4.69) is 21.2 Å². The number of nitrogens with one attached hydrogen (secondary N) is 1. The maximum absolute atomic E-state index is 7.07. The second-order valence-corrected chi connectivity index (χ2v) is 3.14. The molecule has 0 saturated heterocycles. The maximum atomic E-state index is 7.07. The molecule has 1 N–H and O–H groups in total. The third-order valence-electron chi connectivity index (χ3n) is 0.479. The molecule has 0 radical (unpaired) electrons. The zero-order valence-electron chi connectivity index (χ0n) is 4.23. The Balaban J connectivity index is 3.35. The fraction of sp³-hybridized carbons (Fsp3) is 0.667. The van der Waals surface area contributed by atoms with Crippen LogP contribution in [0.25, 0.3) is 0 Å². The van der Waals surface area contributed by atoms with Crippen LogP contribution in [0.15, 0.2) is 0 Å². The van der Waals surface area contributed by atoms with E-state index in [0.717, 1.165) is 0 Å². The molecule has 0 heterocycles. The van der Waals surface area contributed by atoms with Gasteiger partial charge in [0.2, 0.25) is 0 Å². The summed E-state index contributed by atoms with van der Waals surface area (Å²) in [4.78, 5) is 1.76. The van der Waals surface area contributed by atoms with Gasteiger partial charge in [-0.15, -0.1) is 0 Å². The summed E-state index contributed by atoms with van der Waals surface area (Å²) in [5.74, 6) is 0. The molecule has 0 aromatic heterocycles. The summed E-state index contributed by atoms with van der Waals surface area (Å²) in [5.41, 5.74) is 0. The Labute approximate surface area is 59.7 Å². The van der Waals surface area contributed by atoms with Crippen molar-refractivity contribution < 1.29 is 0 Å². The van der Waals surface area contributed by atoms with Crippen LogP contribution in [0.1, 0.15) is 0 Å². The topological polar surface area (TPSA) is 27.1 Å². The van der Waals surface area contributed by atoms with Crippen molar-refractivity contribution in [3.05, 3.63) is 0 Å². The summed E-state index contributed by atoms with van der Waals surface area (Å²) < 4.78 is 0. The molecule has 0 saturated carbocycles. The van der Waals surface area contributed by atoms with Crippen LogP contribution in [0, 0.1) is 5.41 Å². The zero-order chi connectivity index (χ0) is 5.86. The molecule has 0 aliphatic rings. The molecule has 2 nitrogen and oxygen atoms in total. The first-order valence-electron chi connectivity index (χ1n) is 1.73. The Hall–Kier alpha value is 0.550. The highest BCUT2D eigenvalue weighted by Gasteiger charge is 1.92. The monoisotopic (exact) mass is 230 g/mol. The summed E-state index contributed by atoms with van der Waals surface area (Å²) in [7, 11) is 5.12. The van der Waals surface area contributed by atoms with Crippen molar-refractivity contribution in [2.45, 2.75) is 0 Å². The predicted molar refractivity (Wildman–Crippen MR) is 43.0 cm³/mol. The molecular weight excluding hydrogens is 223 g/mol. The molecule has 0 aromatic rings. The number of halogens is 1. The lowest BCUT2D eigenvalue weighted by Crippen LogP contribution is -2.15. The fourth-order valence-corrected chi connectivity index (χ4v) is 1.39. The first-order chi connectivity index (χ1) is 3.18. The van der Waals surface area contributed by atoms with Crippen LogP contribution in [0.5, 0.6) is 0 Å². The molecule has 0 rings (SSSR count). The van der Waals surface area contributed by atoms with Crippen LogP contribution in [-0.2, 0) is 0 Å². The Morgan fingerprint density at radius 1 is 1.71 bits per heavy atom. The van der Waals surface area contributed by atoms with E-state index in [1.807, 2.05) is 14.1 Å². The van der Waals surface area contributed by atoms with Gasteiger partial charge in [0.1, 0.15) is 0 Å². The lowest BCUT2D eigenvalue weighted by Gasteiger charge is -2.07. The number of amidine groups is 1. The Morgan fingerprint density at radius 3 is 2.14 bits per heavy atom. The van der Waals surface area contributed by atoms with Crippen LogP contribution >= 0.6 is 30.1 Å². The molecule has 0 aliphatic carbocycles. The Bertz CT molecular complexity index is 73.3. The van der Waals surface area contributed by atoms with Crippen LogP contribution in [0.2, 0.25) is 0 Å². The van der Waals surface area contributed by atoms with Gasteiger partial charge in [0.25, 0.3) is 0 Å². The number of rotatable bonds is 0. The molecule has 42 valence electrons. The fourth-order valence-electron chi connectivity index (χ4n) is 0.0690. The summed E-state index contributed by atoms with van der Waals surface area (Å²) in [6.07, 6.45) is 0. The van der Waals surface area contributed by atoms with Gasteiger partial charge in [-0.3, -0.25) is 5.41 Å². The molecule has 0 aromatic carbocycles. The van der Waals surface area contributed by atoms with Crippen molar-refractivity contribution in [3.8, 4) is 0 Å². The van der Waals surface area contributed by atoms with Crippen molar-refractivity contribution >= 4 is 35.3 Å². The Morgan fingerprint density at radius 2 is 2.14 bits per heavy atom. The highest BCUT2D eigenvalue weighted by Crippen LogP contribution is 2.12. The van der Waals surface area contributed by atoms with Gasteiger partial charge in [-0.05, 0) is 8.93 Å². The van der Waals surface area contributed by atoms with Crippen molar-refractivity contribution in [2.75, 3.05) is 14.1 Å². The van der Waals surface area contributed by atoms with Crippen LogP contribution in [-0.4, -0.2) is 24.2 Å². The van der Waals surface area contributed by atoms with E-state index in [1.165, 1.54) is 8.93 Å². The van der Waals surface area contributed by atoms with Gasteiger partial charge >= 0.3 is 0 Å². The van der Waals surface area contributed by atoms with E-state index in [0.29, 0.717) is 5.17 Å². The van der Waals surface area contributed by atoms with E-state index in [-0.39, 0.29) is 0 Å². The van der Waals surface area contributed by atoms with Crippen molar-refractivity contribution in [2.24, 2.45) is 0 Å². The first kappa shape index (κ1) is 7.55. The maximum Gasteiger partial charge on any atom is 0.166 e. The van der Waals surface area contributed by atoms with Gasteiger partial charge in [0.05, 0.1) is 0 Å². The van der Waals surface area contributed by atoms with E-state index in [9.17, 15) is 0 Å². The Kier molecular flexibility index (Phi) is 3.82. The van der Waals surface area contributed by atoms with Crippen molar-refractivity contribution in [1.29, 1.82) is 5.41 Å². The van der Waals surface area contributed by atoms with Gasteiger partial charge < -0.3 is 4.90 Å². The van der Waals surface area contributed by atoms with Gasteiger partial charge in [-0.2, -0.15) is 0 Å². The highest BCUT2D eigenvalue weighted by molar-refractivity contribution is 14.2. The smallest absolute Gasteiger partial charge is 0.166 e. The van der Waals surface area contributed by atoms with Crippen molar-refractivity contribution in [3.63, 3.8) is 0 Å².